The summed E-state index contributed by atoms with van der Waals surface area (Å²) in [7, 11) is 0. The van der Waals surface area contributed by atoms with E-state index in [4.69, 9.17) is 9.47 Å². The summed E-state index contributed by atoms with van der Waals surface area (Å²) in [5.41, 5.74) is 0.921. The minimum absolute atomic E-state index is 0.162. The van der Waals surface area contributed by atoms with Gasteiger partial charge in [0, 0.05) is 6.54 Å². The molecule has 23 heavy (non-hydrogen) atoms. The lowest BCUT2D eigenvalue weighted by atomic mass is 10.2. The lowest BCUT2D eigenvalue weighted by molar-refractivity contribution is -0.143. The van der Waals surface area contributed by atoms with Crippen molar-refractivity contribution in [2.45, 2.75) is 52.1 Å². The molecule has 0 aliphatic rings. The molecule has 1 N–H and O–H groups in total. The summed E-state index contributed by atoms with van der Waals surface area (Å²) in [6.45, 7) is 3.07. The maximum atomic E-state index is 11.5. The molecule has 5 heteroatoms. The van der Waals surface area contributed by atoms with Crippen molar-refractivity contribution in [3.63, 3.8) is 0 Å². The van der Waals surface area contributed by atoms with Crippen molar-refractivity contribution in [2.75, 3.05) is 13.2 Å². The molecule has 1 amide bonds. The number of amides is 1. The van der Waals surface area contributed by atoms with Crippen molar-refractivity contribution in [3.8, 4) is 0 Å². The predicted octanol–water partition coefficient (Wildman–Crippen LogP) is 3.82. The van der Waals surface area contributed by atoms with Crippen molar-refractivity contribution in [2.24, 2.45) is 0 Å². The SMILES string of the molecule is CCCCCCCOC(=O)CCNC(=O)OCc1ccccc1. The van der Waals surface area contributed by atoms with Gasteiger partial charge in [0.1, 0.15) is 6.61 Å². The number of nitrogens with one attached hydrogen (secondary N) is 1. The van der Waals surface area contributed by atoms with E-state index in [1.807, 2.05) is 30.3 Å². The van der Waals surface area contributed by atoms with Gasteiger partial charge < -0.3 is 14.8 Å². The molecule has 0 unspecified atom stereocenters. The molecule has 0 spiro atoms. The highest BCUT2D eigenvalue weighted by atomic mass is 16.5. The van der Waals surface area contributed by atoms with Crippen LogP contribution in [0.15, 0.2) is 30.3 Å². The van der Waals surface area contributed by atoms with E-state index in [1.54, 1.807) is 0 Å². The maximum Gasteiger partial charge on any atom is 0.407 e. The Labute approximate surface area is 138 Å². The zero-order chi connectivity index (χ0) is 16.8. The summed E-state index contributed by atoms with van der Waals surface area (Å²) in [4.78, 5) is 23.0. The largest absolute Gasteiger partial charge is 0.466 e. The number of esters is 1. The van der Waals surface area contributed by atoms with E-state index in [1.165, 1.54) is 19.3 Å². The Balaban J connectivity index is 1.98. The zero-order valence-corrected chi connectivity index (χ0v) is 13.9. The second kappa shape index (κ2) is 12.5. The van der Waals surface area contributed by atoms with E-state index in [9.17, 15) is 9.59 Å². The average molecular weight is 321 g/mol. The maximum absolute atomic E-state index is 11.5. The highest BCUT2D eigenvalue weighted by Gasteiger charge is 2.06. The molecular weight excluding hydrogens is 294 g/mol. The van der Waals surface area contributed by atoms with Crippen LogP contribution in [0.25, 0.3) is 0 Å². The fraction of sp³-hybridized carbons (Fsp3) is 0.556. The Hall–Kier alpha value is -2.04. The quantitative estimate of drug-likeness (QED) is 0.497. The van der Waals surface area contributed by atoms with Gasteiger partial charge in [-0.25, -0.2) is 4.79 Å². The van der Waals surface area contributed by atoms with E-state index < -0.39 is 6.09 Å². The Bertz CT molecular complexity index is 448. The molecule has 0 radical (unpaired) electrons. The first-order valence-electron chi connectivity index (χ1n) is 8.32. The second-order valence-electron chi connectivity index (χ2n) is 5.37. The van der Waals surface area contributed by atoms with E-state index in [0.29, 0.717) is 6.61 Å². The molecule has 0 saturated carbocycles. The average Bonchev–Trinajstić information content (AvgIpc) is 2.57. The number of ether oxygens (including phenoxy) is 2. The lowest BCUT2D eigenvalue weighted by Gasteiger charge is -2.07. The molecule has 5 nitrogen and oxygen atoms in total. The van der Waals surface area contributed by atoms with Crippen LogP contribution in [0.5, 0.6) is 0 Å². The van der Waals surface area contributed by atoms with Crippen molar-refractivity contribution in [1.82, 2.24) is 5.32 Å². The number of alkyl carbamates (subject to hydrolysis) is 1. The van der Waals surface area contributed by atoms with Crippen LogP contribution in [0.2, 0.25) is 0 Å². The molecule has 0 aliphatic heterocycles. The number of rotatable bonds is 11. The van der Waals surface area contributed by atoms with Crippen LogP contribution in [0.4, 0.5) is 4.79 Å². The smallest absolute Gasteiger partial charge is 0.407 e. The van der Waals surface area contributed by atoms with Gasteiger partial charge >= 0.3 is 12.1 Å². The molecule has 0 heterocycles. The molecule has 0 aliphatic carbocycles. The minimum Gasteiger partial charge on any atom is -0.466 e. The molecule has 0 atom stereocenters. The molecule has 1 aromatic carbocycles. The minimum atomic E-state index is -0.527. The van der Waals surface area contributed by atoms with Gasteiger partial charge in [0.25, 0.3) is 0 Å². The van der Waals surface area contributed by atoms with Gasteiger partial charge in [0.2, 0.25) is 0 Å². The first-order chi connectivity index (χ1) is 11.2. The third kappa shape index (κ3) is 10.3. The summed E-state index contributed by atoms with van der Waals surface area (Å²) < 4.78 is 10.1. The molecule has 0 aromatic heterocycles. The van der Waals surface area contributed by atoms with Crippen LogP contribution in [-0.4, -0.2) is 25.2 Å². The third-order valence-electron chi connectivity index (χ3n) is 3.32. The Morgan fingerprint density at radius 3 is 2.48 bits per heavy atom. The zero-order valence-electron chi connectivity index (χ0n) is 13.9. The van der Waals surface area contributed by atoms with Gasteiger partial charge in [0.15, 0.2) is 0 Å². The number of hydrogen-bond acceptors (Lipinski definition) is 4. The van der Waals surface area contributed by atoms with Crippen LogP contribution < -0.4 is 5.32 Å². The summed E-state index contributed by atoms with van der Waals surface area (Å²) in [6.07, 6.45) is 5.23. The van der Waals surface area contributed by atoms with E-state index in [2.05, 4.69) is 12.2 Å². The van der Waals surface area contributed by atoms with Gasteiger partial charge in [-0.2, -0.15) is 0 Å². The van der Waals surface area contributed by atoms with E-state index in [-0.39, 0.29) is 25.5 Å². The van der Waals surface area contributed by atoms with Gasteiger partial charge in [0.05, 0.1) is 13.0 Å². The van der Waals surface area contributed by atoms with Gasteiger partial charge in [-0.1, -0.05) is 62.9 Å². The Morgan fingerprint density at radius 1 is 1.00 bits per heavy atom. The molecule has 128 valence electrons. The molecule has 0 saturated heterocycles. The summed E-state index contributed by atoms with van der Waals surface area (Å²) in [5, 5.41) is 2.54. The third-order valence-corrected chi connectivity index (χ3v) is 3.32. The highest BCUT2D eigenvalue weighted by molar-refractivity contribution is 5.71. The van der Waals surface area contributed by atoms with Gasteiger partial charge in [-0.15, -0.1) is 0 Å². The second-order valence-corrected chi connectivity index (χ2v) is 5.37. The Kier molecular flexibility index (Phi) is 10.3. The van der Waals surface area contributed by atoms with Gasteiger partial charge in [-0.3, -0.25) is 4.79 Å². The summed E-state index contributed by atoms with van der Waals surface area (Å²) in [5.74, 6) is -0.288. The van der Waals surface area contributed by atoms with Gasteiger partial charge in [-0.05, 0) is 12.0 Å². The van der Waals surface area contributed by atoms with E-state index in [0.717, 1.165) is 18.4 Å². The first-order valence-corrected chi connectivity index (χ1v) is 8.32. The van der Waals surface area contributed by atoms with Crippen molar-refractivity contribution in [3.05, 3.63) is 35.9 Å². The molecule has 1 aromatic rings. The number of carbonyl (C=O) groups excluding carboxylic acids is 2. The Morgan fingerprint density at radius 2 is 1.74 bits per heavy atom. The normalized spacial score (nSPS) is 10.1. The van der Waals surface area contributed by atoms with E-state index >= 15 is 0 Å². The number of carbonyl (C=O) groups is 2. The highest BCUT2D eigenvalue weighted by Crippen LogP contribution is 2.03. The monoisotopic (exact) mass is 321 g/mol. The van der Waals surface area contributed by atoms with Crippen molar-refractivity contribution < 1.29 is 19.1 Å². The summed E-state index contributed by atoms with van der Waals surface area (Å²) in [6, 6.07) is 9.43. The molecule has 0 fully saturated rings. The number of hydrogen-bond donors (Lipinski definition) is 1. The summed E-state index contributed by atoms with van der Waals surface area (Å²) >= 11 is 0. The first kappa shape index (κ1) is 19.0. The molecule has 0 bridgehead atoms. The predicted molar refractivity (Wildman–Crippen MR) is 89.0 cm³/mol. The fourth-order valence-electron chi connectivity index (χ4n) is 2.00. The number of unbranched alkanes of at least 4 members (excludes halogenated alkanes) is 4. The fourth-order valence-corrected chi connectivity index (χ4v) is 2.00. The molecular formula is C18H27NO4. The van der Waals surface area contributed by atoms with Crippen LogP contribution >= 0.6 is 0 Å². The standard InChI is InChI=1S/C18H27NO4/c1-2-3-4-5-9-14-22-17(20)12-13-19-18(21)23-15-16-10-7-6-8-11-16/h6-8,10-11H,2-5,9,12-15H2,1H3,(H,19,21). The van der Waals surface area contributed by atoms with Crippen molar-refractivity contribution >= 4 is 12.1 Å². The van der Waals surface area contributed by atoms with Crippen LogP contribution in [0.3, 0.4) is 0 Å². The van der Waals surface area contributed by atoms with Crippen molar-refractivity contribution in [1.29, 1.82) is 0 Å². The van der Waals surface area contributed by atoms with Crippen LogP contribution in [0.1, 0.15) is 51.0 Å². The lowest BCUT2D eigenvalue weighted by Crippen LogP contribution is -2.27. The number of benzene rings is 1. The molecule has 1 rings (SSSR count). The van der Waals surface area contributed by atoms with Crippen LogP contribution in [0, 0.1) is 0 Å². The van der Waals surface area contributed by atoms with Crippen LogP contribution in [-0.2, 0) is 20.9 Å². The topological polar surface area (TPSA) is 64.6 Å².